The molecule has 154 valence electrons. The van der Waals surface area contributed by atoms with E-state index in [1.165, 1.54) is 0 Å². The first kappa shape index (κ1) is 19.2. The molecule has 3 heterocycles. The number of rotatable bonds is 5. The number of benzene rings is 1. The Kier molecular flexibility index (Phi) is 5.12. The van der Waals surface area contributed by atoms with Crippen LogP contribution in [0, 0.1) is 0 Å². The first-order valence-electron chi connectivity index (χ1n) is 9.85. The number of ether oxygens (including phenoxy) is 1. The van der Waals surface area contributed by atoms with Gasteiger partial charge >= 0.3 is 6.03 Å². The maximum atomic E-state index is 12.8. The average Bonchev–Trinajstić information content (AvgIpc) is 3.44. The van der Waals surface area contributed by atoms with Gasteiger partial charge in [0, 0.05) is 25.6 Å². The van der Waals surface area contributed by atoms with Crippen molar-refractivity contribution in [3.63, 3.8) is 0 Å². The van der Waals surface area contributed by atoms with Crippen LogP contribution in [-0.4, -0.2) is 44.3 Å². The number of likely N-dealkylation sites (tertiary alicyclic amines) is 1. The predicted octanol–water partition coefficient (Wildman–Crippen LogP) is 3.14. The number of hydrogen-bond acceptors (Lipinski definition) is 6. The van der Waals surface area contributed by atoms with Crippen LogP contribution >= 0.6 is 0 Å². The molecular weight excluding hydrogens is 372 g/mol. The molecular formula is C20H26N6O3. The van der Waals surface area contributed by atoms with Crippen molar-refractivity contribution in [2.45, 2.75) is 45.2 Å². The van der Waals surface area contributed by atoms with Crippen LogP contribution in [0.2, 0.25) is 0 Å². The van der Waals surface area contributed by atoms with Crippen molar-refractivity contribution in [2.75, 3.05) is 13.7 Å². The second-order valence-electron chi connectivity index (χ2n) is 7.60. The number of nitrogens with zero attached hydrogens (tertiary/aromatic N) is 5. The summed E-state index contributed by atoms with van der Waals surface area (Å²) in [6.45, 7) is 5.01. The number of fused-ring (bicyclic) bond motifs is 1. The molecule has 1 N–H and O–H groups in total. The standard InChI is InChI=1S/C20H26N6O3/c1-12(2)19-23-18(24-29-19)16-6-5-9-26(16)20(27)21-11-17-22-14-10-13(28-4)7-8-15(14)25(17)3/h7-8,10,12,16H,5-6,9,11H2,1-4H3,(H,21,27). The second kappa shape index (κ2) is 7.73. The third-order valence-corrected chi connectivity index (χ3v) is 5.34. The molecule has 9 nitrogen and oxygen atoms in total. The summed E-state index contributed by atoms with van der Waals surface area (Å²) in [6.07, 6.45) is 1.74. The normalized spacial score (nSPS) is 16.7. The number of carbonyl (C=O) groups excluding carboxylic acids is 1. The van der Waals surface area contributed by atoms with E-state index in [1.807, 2.05) is 43.7 Å². The Morgan fingerprint density at radius 3 is 2.93 bits per heavy atom. The fraction of sp³-hybridized carbons (Fsp3) is 0.500. The topological polar surface area (TPSA) is 98.3 Å². The van der Waals surface area contributed by atoms with Crippen LogP contribution in [0.4, 0.5) is 4.79 Å². The molecule has 0 saturated carbocycles. The zero-order chi connectivity index (χ0) is 20.5. The number of methoxy groups -OCH3 is 1. The predicted molar refractivity (Wildman–Crippen MR) is 107 cm³/mol. The lowest BCUT2D eigenvalue weighted by Gasteiger charge is -2.22. The van der Waals surface area contributed by atoms with Gasteiger partial charge in [-0.15, -0.1) is 0 Å². The summed E-state index contributed by atoms with van der Waals surface area (Å²) in [5.41, 5.74) is 1.82. The Bertz CT molecular complexity index is 1020. The van der Waals surface area contributed by atoms with Gasteiger partial charge in [-0.25, -0.2) is 9.78 Å². The number of imidazole rings is 1. The van der Waals surface area contributed by atoms with Crippen molar-refractivity contribution < 1.29 is 14.1 Å². The van der Waals surface area contributed by atoms with Gasteiger partial charge < -0.3 is 24.0 Å². The smallest absolute Gasteiger partial charge is 0.318 e. The van der Waals surface area contributed by atoms with Gasteiger partial charge in [-0.2, -0.15) is 4.98 Å². The molecule has 1 atom stereocenters. The number of nitrogens with one attached hydrogen (secondary N) is 1. The van der Waals surface area contributed by atoms with E-state index in [1.54, 1.807) is 12.0 Å². The first-order chi connectivity index (χ1) is 14.0. The molecule has 1 aliphatic rings. The maximum Gasteiger partial charge on any atom is 0.318 e. The van der Waals surface area contributed by atoms with Crippen LogP contribution in [0.3, 0.4) is 0 Å². The van der Waals surface area contributed by atoms with Gasteiger partial charge in [0.05, 0.1) is 30.7 Å². The number of amides is 2. The molecule has 0 aliphatic carbocycles. The Hall–Kier alpha value is -3.10. The molecule has 29 heavy (non-hydrogen) atoms. The summed E-state index contributed by atoms with van der Waals surface area (Å²) in [6, 6.07) is 5.45. The van der Waals surface area contributed by atoms with Crippen molar-refractivity contribution in [3.8, 4) is 5.75 Å². The summed E-state index contributed by atoms with van der Waals surface area (Å²) in [5.74, 6) is 2.88. The number of urea groups is 1. The Labute approximate surface area is 169 Å². The van der Waals surface area contributed by atoms with E-state index < -0.39 is 0 Å². The third kappa shape index (κ3) is 3.64. The Morgan fingerprint density at radius 2 is 2.21 bits per heavy atom. The van der Waals surface area contributed by atoms with E-state index in [2.05, 4.69) is 20.4 Å². The number of aryl methyl sites for hydroxylation is 1. The maximum absolute atomic E-state index is 12.8. The Morgan fingerprint density at radius 1 is 1.38 bits per heavy atom. The van der Waals surface area contributed by atoms with Gasteiger partial charge in [0.2, 0.25) is 5.89 Å². The summed E-state index contributed by atoms with van der Waals surface area (Å²) in [4.78, 5) is 23.7. The highest BCUT2D eigenvalue weighted by molar-refractivity contribution is 5.78. The molecule has 1 aliphatic heterocycles. The van der Waals surface area contributed by atoms with Crippen molar-refractivity contribution in [3.05, 3.63) is 35.7 Å². The molecule has 2 amide bonds. The van der Waals surface area contributed by atoms with E-state index in [0.29, 0.717) is 24.8 Å². The van der Waals surface area contributed by atoms with Crippen LogP contribution in [-0.2, 0) is 13.6 Å². The van der Waals surface area contributed by atoms with Crippen molar-refractivity contribution >= 4 is 17.1 Å². The lowest BCUT2D eigenvalue weighted by atomic mass is 10.2. The largest absolute Gasteiger partial charge is 0.497 e. The van der Waals surface area contributed by atoms with Gasteiger partial charge in [-0.05, 0) is 25.0 Å². The lowest BCUT2D eigenvalue weighted by molar-refractivity contribution is 0.189. The minimum Gasteiger partial charge on any atom is -0.497 e. The molecule has 3 aromatic rings. The van der Waals surface area contributed by atoms with E-state index in [9.17, 15) is 4.79 Å². The van der Waals surface area contributed by atoms with Crippen LogP contribution in [0.1, 0.15) is 56.2 Å². The minimum atomic E-state index is -0.157. The van der Waals surface area contributed by atoms with E-state index in [4.69, 9.17) is 9.26 Å². The fourth-order valence-electron chi connectivity index (χ4n) is 3.67. The highest BCUT2D eigenvalue weighted by atomic mass is 16.5. The molecule has 0 spiro atoms. The number of carbonyl (C=O) groups is 1. The molecule has 4 rings (SSSR count). The van der Waals surface area contributed by atoms with Gasteiger partial charge in [0.1, 0.15) is 11.6 Å². The van der Waals surface area contributed by atoms with Crippen LogP contribution < -0.4 is 10.1 Å². The molecule has 1 unspecified atom stereocenters. The molecule has 0 radical (unpaired) electrons. The molecule has 0 bridgehead atoms. The molecule has 2 aromatic heterocycles. The SMILES string of the molecule is COc1ccc2c(c1)nc(CNC(=O)N1CCCC1c1noc(C(C)C)n1)n2C. The van der Waals surface area contributed by atoms with Gasteiger partial charge in [0.15, 0.2) is 5.82 Å². The van der Waals surface area contributed by atoms with Crippen molar-refractivity contribution in [1.29, 1.82) is 0 Å². The quantitative estimate of drug-likeness (QED) is 0.709. The molecule has 1 aromatic carbocycles. The third-order valence-electron chi connectivity index (χ3n) is 5.34. The van der Waals surface area contributed by atoms with Crippen molar-refractivity contribution in [2.24, 2.45) is 7.05 Å². The lowest BCUT2D eigenvalue weighted by Crippen LogP contribution is -2.39. The minimum absolute atomic E-state index is 0.145. The molecule has 1 fully saturated rings. The Balaban J connectivity index is 1.46. The van der Waals surface area contributed by atoms with E-state index in [0.717, 1.165) is 35.4 Å². The zero-order valence-electron chi connectivity index (χ0n) is 17.2. The highest BCUT2D eigenvalue weighted by Gasteiger charge is 2.33. The monoisotopic (exact) mass is 398 g/mol. The van der Waals surface area contributed by atoms with Crippen LogP contribution in [0.5, 0.6) is 5.75 Å². The summed E-state index contributed by atoms with van der Waals surface area (Å²) < 4.78 is 12.6. The van der Waals surface area contributed by atoms with Crippen molar-refractivity contribution in [1.82, 2.24) is 29.9 Å². The van der Waals surface area contributed by atoms with E-state index >= 15 is 0 Å². The van der Waals surface area contributed by atoms with Gasteiger partial charge in [0.25, 0.3) is 0 Å². The van der Waals surface area contributed by atoms with Crippen LogP contribution in [0.15, 0.2) is 22.7 Å². The first-order valence-corrected chi connectivity index (χ1v) is 9.85. The van der Waals surface area contributed by atoms with Gasteiger partial charge in [-0.1, -0.05) is 19.0 Å². The summed E-state index contributed by atoms with van der Waals surface area (Å²) in [5, 5.41) is 7.08. The van der Waals surface area contributed by atoms with Crippen LogP contribution in [0.25, 0.3) is 11.0 Å². The summed E-state index contributed by atoms with van der Waals surface area (Å²) in [7, 11) is 3.57. The van der Waals surface area contributed by atoms with Gasteiger partial charge in [-0.3, -0.25) is 0 Å². The molecule has 1 saturated heterocycles. The van der Waals surface area contributed by atoms with E-state index in [-0.39, 0.29) is 18.0 Å². The average molecular weight is 398 g/mol. The number of hydrogen-bond donors (Lipinski definition) is 1. The second-order valence-corrected chi connectivity index (χ2v) is 7.60. The number of aromatic nitrogens is 4. The molecule has 9 heteroatoms. The summed E-state index contributed by atoms with van der Waals surface area (Å²) >= 11 is 0. The highest BCUT2D eigenvalue weighted by Crippen LogP contribution is 2.31. The zero-order valence-corrected chi connectivity index (χ0v) is 17.2. The fourth-order valence-corrected chi connectivity index (χ4v) is 3.67.